The molecule has 0 spiro atoms. The number of aryl methyl sites for hydroxylation is 1. The third-order valence-corrected chi connectivity index (χ3v) is 8.42. The highest BCUT2D eigenvalue weighted by Gasteiger charge is 2.50. The average molecular weight is 541 g/mol. The van der Waals surface area contributed by atoms with Crippen LogP contribution in [0.5, 0.6) is 0 Å². The minimum atomic E-state index is -4.61. The summed E-state index contributed by atoms with van der Waals surface area (Å²) in [6.07, 6.45) is 4.74. The Kier molecular flexibility index (Phi) is 6.38. The summed E-state index contributed by atoms with van der Waals surface area (Å²) in [5.74, 6) is 1.35. The van der Waals surface area contributed by atoms with Crippen LogP contribution in [0.1, 0.15) is 54.6 Å². The molecule has 11 heteroatoms. The highest BCUT2D eigenvalue weighted by molar-refractivity contribution is 5.58. The van der Waals surface area contributed by atoms with Crippen molar-refractivity contribution in [2.24, 2.45) is 13.0 Å². The van der Waals surface area contributed by atoms with E-state index in [-0.39, 0.29) is 18.2 Å². The van der Waals surface area contributed by atoms with Crippen molar-refractivity contribution < 1.29 is 17.9 Å². The van der Waals surface area contributed by atoms with Gasteiger partial charge in [0.15, 0.2) is 0 Å². The van der Waals surface area contributed by atoms with Crippen LogP contribution in [-0.2, 0) is 29.9 Å². The fourth-order valence-corrected chi connectivity index (χ4v) is 5.97. The Morgan fingerprint density at radius 2 is 1.97 bits per heavy atom. The molecular formula is C28H31F3N6O2. The number of aromatic nitrogens is 5. The van der Waals surface area contributed by atoms with Crippen LogP contribution in [0.2, 0.25) is 0 Å². The Morgan fingerprint density at radius 3 is 2.62 bits per heavy atom. The number of hydrogen-bond donors (Lipinski definition) is 1. The summed E-state index contributed by atoms with van der Waals surface area (Å²) in [6.45, 7) is 1.03. The SMILES string of the molecule is CO[C@H]1C[C@](c2cccc(-n3cc4c(C(F)(F)F)cc(CNCC5CCC5)cn4c3=O)c2)(c2nncn2C)C1. The van der Waals surface area contributed by atoms with Crippen molar-refractivity contribution in [2.45, 2.75) is 56.3 Å². The monoisotopic (exact) mass is 540 g/mol. The maximum Gasteiger partial charge on any atom is 0.418 e. The van der Waals surface area contributed by atoms with Gasteiger partial charge in [0.25, 0.3) is 0 Å². The van der Waals surface area contributed by atoms with E-state index >= 15 is 0 Å². The summed E-state index contributed by atoms with van der Waals surface area (Å²) >= 11 is 0. The number of halogens is 3. The number of alkyl halides is 3. The van der Waals surface area contributed by atoms with E-state index in [9.17, 15) is 18.0 Å². The van der Waals surface area contributed by atoms with Crippen molar-refractivity contribution in [1.29, 1.82) is 0 Å². The van der Waals surface area contributed by atoms with Gasteiger partial charge in [0.1, 0.15) is 12.2 Å². The second-order valence-electron chi connectivity index (χ2n) is 10.9. The molecule has 8 nitrogen and oxygen atoms in total. The van der Waals surface area contributed by atoms with Crippen LogP contribution in [0.15, 0.2) is 53.8 Å². The topological polar surface area (TPSA) is 78.4 Å². The first-order valence-electron chi connectivity index (χ1n) is 13.2. The molecule has 3 heterocycles. The molecule has 0 aliphatic heterocycles. The molecule has 0 unspecified atom stereocenters. The van der Waals surface area contributed by atoms with E-state index in [4.69, 9.17) is 4.74 Å². The lowest BCUT2D eigenvalue weighted by molar-refractivity contribution is -0.136. The van der Waals surface area contributed by atoms with Gasteiger partial charge in [-0.15, -0.1) is 10.2 Å². The molecule has 206 valence electrons. The number of ether oxygens (including phenoxy) is 1. The van der Waals surface area contributed by atoms with Gasteiger partial charge in [-0.25, -0.2) is 4.79 Å². The Labute approximate surface area is 223 Å². The first-order valence-corrected chi connectivity index (χ1v) is 13.2. The molecule has 1 aromatic carbocycles. The lowest BCUT2D eigenvalue weighted by Crippen LogP contribution is -2.48. The van der Waals surface area contributed by atoms with Crippen molar-refractivity contribution in [3.05, 3.63) is 82.1 Å². The van der Waals surface area contributed by atoms with E-state index in [0.29, 0.717) is 30.0 Å². The molecule has 6 rings (SSSR count). The lowest BCUT2D eigenvalue weighted by atomic mass is 9.62. The smallest absolute Gasteiger partial charge is 0.381 e. The molecular weight excluding hydrogens is 509 g/mol. The van der Waals surface area contributed by atoms with Crippen molar-refractivity contribution in [2.75, 3.05) is 13.7 Å². The van der Waals surface area contributed by atoms with Crippen LogP contribution in [0.3, 0.4) is 0 Å². The molecule has 0 amide bonds. The Hall–Kier alpha value is -3.44. The van der Waals surface area contributed by atoms with Gasteiger partial charge in [-0.05, 0) is 67.5 Å². The zero-order valence-electron chi connectivity index (χ0n) is 21.9. The van der Waals surface area contributed by atoms with E-state index in [1.807, 2.05) is 29.8 Å². The van der Waals surface area contributed by atoms with Crippen molar-refractivity contribution in [3.8, 4) is 5.69 Å². The lowest BCUT2D eigenvalue weighted by Gasteiger charge is -2.46. The Bertz CT molecular complexity index is 1560. The number of fused-ring (bicyclic) bond motifs is 1. The predicted octanol–water partition coefficient (Wildman–Crippen LogP) is 4.22. The minimum absolute atomic E-state index is 0.0517. The standard InChI is InChI=1S/C28H31F3N6O2/c1-35-17-33-34-25(35)27(11-22(12-27)39-2)20-7-4-8-21(10-20)36-16-24-23(28(29,30)31)9-19(15-37(24)26(36)38)14-32-13-18-5-3-6-18/h4,7-10,15-18,22,32H,3,5-6,11-14H2,1-2H3/t22-,27-. The van der Waals surface area contributed by atoms with Crippen molar-refractivity contribution >= 4 is 5.52 Å². The predicted molar refractivity (Wildman–Crippen MR) is 139 cm³/mol. The average Bonchev–Trinajstić information content (AvgIpc) is 3.43. The molecule has 39 heavy (non-hydrogen) atoms. The fourth-order valence-electron chi connectivity index (χ4n) is 5.97. The maximum absolute atomic E-state index is 14.1. The molecule has 0 atom stereocenters. The molecule has 2 fully saturated rings. The highest BCUT2D eigenvalue weighted by atomic mass is 19.4. The van der Waals surface area contributed by atoms with Crippen LogP contribution in [0.4, 0.5) is 13.2 Å². The van der Waals surface area contributed by atoms with E-state index in [1.165, 1.54) is 23.4 Å². The van der Waals surface area contributed by atoms with Crippen LogP contribution in [0, 0.1) is 5.92 Å². The van der Waals surface area contributed by atoms with Gasteiger partial charge in [-0.2, -0.15) is 13.2 Å². The van der Waals surface area contributed by atoms with Gasteiger partial charge in [0.05, 0.1) is 28.3 Å². The third-order valence-electron chi connectivity index (χ3n) is 8.42. The second kappa shape index (κ2) is 9.63. The fraction of sp³-hybridized carbons (Fsp3) is 0.464. The molecule has 2 aliphatic carbocycles. The number of methoxy groups -OCH3 is 1. The summed E-state index contributed by atoms with van der Waals surface area (Å²) in [5, 5.41) is 11.7. The number of nitrogens with one attached hydrogen (secondary N) is 1. The maximum atomic E-state index is 14.1. The van der Waals surface area contributed by atoms with Crippen LogP contribution < -0.4 is 11.0 Å². The van der Waals surface area contributed by atoms with E-state index in [1.54, 1.807) is 19.5 Å². The summed E-state index contributed by atoms with van der Waals surface area (Å²) in [6, 6.07) is 8.51. The molecule has 0 bridgehead atoms. The molecule has 1 N–H and O–H groups in total. The third kappa shape index (κ3) is 4.47. The summed E-state index contributed by atoms with van der Waals surface area (Å²) in [5.41, 5.74) is -0.207. The molecule has 4 aromatic rings. The quantitative estimate of drug-likeness (QED) is 0.362. The number of hydrogen-bond acceptors (Lipinski definition) is 5. The zero-order valence-corrected chi connectivity index (χ0v) is 21.9. The largest absolute Gasteiger partial charge is 0.418 e. The summed E-state index contributed by atoms with van der Waals surface area (Å²) < 4.78 is 52.2. The molecule has 0 saturated heterocycles. The zero-order chi connectivity index (χ0) is 27.4. The molecule has 2 aliphatic rings. The first kappa shape index (κ1) is 25.8. The van der Waals surface area contributed by atoms with Crippen LogP contribution in [0.25, 0.3) is 11.2 Å². The van der Waals surface area contributed by atoms with Gasteiger partial charge in [0.2, 0.25) is 0 Å². The Morgan fingerprint density at radius 1 is 1.18 bits per heavy atom. The molecule has 2 saturated carbocycles. The summed E-state index contributed by atoms with van der Waals surface area (Å²) in [4.78, 5) is 13.5. The number of imidazole rings is 1. The Balaban J connectivity index is 1.40. The van der Waals surface area contributed by atoms with Gasteiger partial charge in [-0.3, -0.25) is 8.97 Å². The second-order valence-corrected chi connectivity index (χ2v) is 10.9. The van der Waals surface area contributed by atoms with Gasteiger partial charge >= 0.3 is 11.9 Å². The first-order chi connectivity index (χ1) is 18.7. The number of benzene rings is 1. The summed E-state index contributed by atoms with van der Waals surface area (Å²) in [7, 11) is 3.55. The molecule has 3 aromatic heterocycles. The molecule has 0 radical (unpaired) electrons. The number of pyridine rings is 1. The van der Waals surface area contributed by atoms with Gasteiger partial charge in [-0.1, -0.05) is 18.6 Å². The van der Waals surface area contributed by atoms with Gasteiger partial charge < -0.3 is 14.6 Å². The minimum Gasteiger partial charge on any atom is -0.381 e. The highest BCUT2D eigenvalue weighted by Crippen LogP contribution is 2.49. The van der Waals surface area contributed by atoms with E-state index < -0.39 is 22.8 Å². The van der Waals surface area contributed by atoms with Crippen LogP contribution in [-0.4, -0.2) is 43.5 Å². The van der Waals surface area contributed by atoms with Gasteiger partial charge in [0, 0.05) is 33.1 Å². The van der Waals surface area contributed by atoms with Crippen LogP contribution >= 0.6 is 0 Å². The number of rotatable bonds is 8. The van der Waals surface area contributed by atoms with E-state index in [2.05, 4.69) is 15.5 Å². The van der Waals surface area contributed by atoms with Crippen molar-refractivity contribution in [3.63, 3.8) is 0 Å². The van der Waals surface area contributed by atoms with Crippen molar-refractivity contribution in [1.82, 2.24) is 29.0 Å². The normalized spacial score (nSPS) is 21.7. The van der Waals surface area contributed by atoms with E-state index in [0.717, 1.165) is 41.2 Å². The number of nitrogens with zero attached hydrogens (tertiary/aromatic N) is 5.